The molecule has 0 saturated carbocycles. The molecule has 1 heterocycles. The van der Waals surface area contributed by atoms with Gasteiger partial charge in [0, 0.05) is 6.04 Å². The molecule has 0 aromatic carbocycles. The van der Waals surface area contributed by atoms with Gasteiger partial charge in [0.1, 0.15) is 11.5 Å². The molecule has 0 aliphatic carbocycles. The van der Waals surface area contributed by atoms with Crippen molar-refractivity contribution in [3.05, 3.63) is 22.8 Å². The van der Waals surface area contributed by atoms with Crippen LogP contribution in [-0.4, -0.2) is 16.9 Å². The Morgan fingerprint density at radius 2 is 2.22 bits per heavy atom. The van der Waals surface area contributed by atoms with Gasteiger partial charge in [-0.2, -0.15) is 0 Å². The molecular formula is C12H19ClN4O. The molecule has 5 nitrogen and oxygen atoms in total. The lowest BCUT2D eigenvalue weighted by atomic mass is 10.1. The van der Waals surface area contributed by atoms with Crippen molar-refractivity contribution >= 4 is 23.3 Å². The third-order valence-electron chi connectivity index (χ3n) is 2.67. The lowest BCUT2D eigenvalue weighted by molar-refractivity contribution is 0.0929. The van der Waals surface area contributed by atoms with Crippen LogP contribution in [0.15, 0.2) is 12.1 Å². The van der Waals surface area contributed by atoms with E-state index in [9.17, 15) is 4.79 Å². The lowest BCUT2D eigenvalue weighted by Gasteiger charge is -2.16. The Bertz CT molecular complexity index is 411. The number of hydrogen-bond donors (Lipinski definition) is 3. The highest BCUT2D eigenvalue weighted by Crippen LogP contribution is 2.16. The summed E-state index contributed by atoms with van der Waals surface area (Å²) in [5, 5.41) is 3.24. The van der Waals surface area contributed by atoms with Crippen LogP contribution in [0.3, 0.4) is 0 Å². The molecule has 1 aromatic rings. The number of amides is 1. The van der Waals surface area contributed by atoms with E-state index >= 15 is 0 Å². The molecule has 1 atom stereocenters. The summed E-state index contributed by atoms with van der Waals surface area (Å²) in [4.78, 5) is 16.1. The minimum Gasteiger partial charge on any atom is -0.348 e. The van der Waals surface area contributed by atoms with Crippen molar-refractivity contribution < 1.29 is 4.79 Å². The number of anilines is 1. The number of hydrogen-bond acceptors (Lipinski definition) is 4. The topological polar surface area (TPSA) is 80.0 Å². The first kappa shape index (κ1) is 14.7. The Kier molecular flexibility index (Phi) is 5.88. The van der Waals surface area contributed by atoms with Crippen molar-refractivity contribution in [2.24, 2.45) is 5.84 Å². The Hall–Kier alpha value is -1.33. The largest absolute Gasteiger partial charge is 0.348 e. The van der Waals surface area contributed by atoms with E-state index in [1.165, 1.54) is 0 Å². The number of carbonyl (C=O) groups is 1. The number of hydrazine groups is 1. The molecule has 18 heavy (non-hydrogen) atoms. The van der Waals surface area contributed by atoms with Gasteiger partial charge in [0.05, 0.1) is 5.02 Å². The van der Waals surface area contributed by atoms with Gasteiger partial charge in [-0.15, -0.1) is 0 Å². The zero-order valence-electron chi connectivity index (χ0n) is 10.7. The summed E-state index contributed by atoms with van der Waals surface area (Å²) in [5.74, 6) is 5.40. The average Bonchev–Trinajstić information content (AvgIpc) is 2.38. The van der Waals surface area contributed by atoms with E-state index in [-0.39, 0.29) is 17.6 Å². The van der Waals surface area contributed by atoms with Crippen molar-refractivity contribution in [3.63, 3.8) is 0 Å². The fraction of sp³-hybridized carbons (Fsp3) is 0.500. The Morgan fingerprint density at radius 1 is 1.50 bits per heavy atom. The molecule has 0 fully saturated rings. The zero-order valence-corrected chi connectivity index (χ0v) is 11.4. The van der Waals surface area contributed by atoms with Crippen molar-refractivity contribution in [2.75, 3.05) is 5.43 Å². The third-order valence-corrected chi connectivity index (χ3v) is 2.98. The van der Waals surface area contributed by atoms with E-state index in [1.807, 2.05) is 6.92 Å². The van der Waals surface area contributed by atoms with E-state index in [1.54, 1.807) is 12.1 Å². The van der Waals surface area contributed by atoms with E-state index < -0.39 is 0 Å². The highest BCUT2D eigenvalue weighted by molar-refractivity contribution is 6.33. The number of nitrogens with one attached hydrogen (secondary N) is 2. The van der Waals surface area contributed by atoms with Gasteiger partial charge < -0.3 is 10.7 Å². The summed E-state index contributed by atoms with van der Waals surface area (Å²) in [6, 6.07) is 3.36. The lowest BCUT2D eigenvalue weighted by Crippen LogP contribution is -2.35. The molecule has 1 unspecified atom stereocenters. The number of pyridine rings is 1. The van der Waals surface area contributed by atoms with Gasteiger partial charge in [0.25, 0.3) is 5.91 Å². The van der Waals surface area contributed by atoms with Gasteiger partial charge in [-0.25, -0.2) is 10.8 Å². The fourth-order valence-electron chi connectivity index (χ4n) is 1.66. The molecule has 0 spiro atoms. The van der Waals surface area contributed by atoms with Gasteiger partial charge in [-0.1, -0.05) is 31.9 Å². The van der Waals surface area contributed by atoms with Crippen LogP contribution in [0.1, 0.15) is 43.6 Å². The second kappa shape index (κ2) is 7.18. The number of aromatic nitrogens is 1. The van der Waals surface area contributed by atoms with Crippen LogP contribution in [0.25, 0.3) is 0 Å². The van der Waals surface area contributed by atoms with Gasteiger partial charge >= 0.3 is 0 Å². The van der Waals surface area contributed by atoms with Gasteiger partial charge in [0.15, 0.2) is 0 Å². The summed E-state index contributed by atoms with van der Waals surface area (Å²) in [7, 11) is 0. The van der Waals surface area contributed by atoms with E-state index in [4.69, 9.17) is 17.4 Å². The number of nitrogens with zero attached hydrogens (tertiary/aromatic N) is 1. The van der Waals surface area contributed by atoms with Crippen molar-refractivity contribution in [1.82, 2.24) is 10.3 Å². The zero-order chi connectivity index (χ0) is 13.5. The van der Waals surface area contributed by atoms with Gasteiger partial charge in [-0.3, -0.25) is 4.79 Å². The van der Waals surface area contributed by atoms with Crippen molar-refractivity contribution in [3.8, 4) is 0 Å². The molecule has 1 aromatic heterocycles. The Morgan fingerprint density at radius 3 is 2.78 bits per heavy atom. The normalized spacial score (nSPS) is 12.0. The highest BCUT2D eigenvalue weighted by Gasteiger charge is 2.16. The van der Waals surface area contributed by atoms with Crippen LogP contribution in [0.4, 0.5) is 5.82 Å². The average molecular weight is 271 g/mol. The Labute approximate surface area is 112 Å². The summed E-state index contributed by atoms with van der Waals surface area (Å²) < 4.78 is 0. The maximum absolute atomic E-state index is 12.1. The molecule has 0 aliphatic heterocycles. The first-order valence-corrected chi connectivity index (χ1v) is 6.44. The molecular weight excluding hydrogens is 252 g/mol. The molecule has 1 amide bonds. The number of carbonyl (C=O) groups excluding carboxylic acids is 1. The summed E-state index contributed by atoms with van der Waals surface area (Å²) in [5.41, 5.74) is 2.59. The van der Waals surface area contributed by atoms with Crippen LogP contribution >= 0.6 is 11.6 Å². The minimum atomic E-state index is -0.266. The van der Waals surface area contributed by atoms with E-state index in [2.05, 4.69) is 22.7 Å². The molecule has 4 N–H and O–H groups in total. The van der Waals surface area contributed by atoms with Crippen LogP contribution < -0.4 is 16.6 Å². The van der Waals surface area contributed by atoms with Crippen LogP contribution in [0.2, 0.25) is 5.02 Å². The molecule has 0 saturated heterocycles. The number of halogens is 1. The molecule has 6 heteroatoms. The summed E-state index contributed by atoms with van der Waals surface area (Å²) in [6.45, 7) is 4.12. The number of nitrogens with two attached hydrogens (primary N) is 1. The predicted octanol–water partition coefficient (Wildman–Crippen LogP) is 2.33. The van der Waals surface area contributed by atoms with Crippen LogP contribution in [0, 0.1) is 0 Å². The molecule has 0 bridgehead atoms. The number of nitrogen functional groups attached to an aromatic ring is 1. The Balaban J connectivity index is 2.82. The van der Waals surface area contributed by atoms with E-state index in [0.29, 0.717) is 10.8 Å². The number of rotatable bonds is 6. The maximum atomic E-state index is 12.1. The maximum Gasteiger partial charge on any atom is 0.271 e. The molecule has 0 aliphatic rings. The van der Waals surface area contributed by atoms with Crippen molar-refractivity contribution in [1.29, 1.82) is 0 Å². The molecule has 0 radical (unpaired) electrons. The van der Waals surface area contributed by atoms with Crippen molar-refractivity contribution in [2.45, 2.75) is 39.2 Å². The highest BCUT2D eigenvalue weighted by atomic mass is 35.5. The van der Waals surface area contributed by atoms with Crippen LogP contribution in [0.5, 0.6) is 0 Å². The van der Waals surface area contributed by atoms with Gasteiger partial charge in [0.2, 0.25) is 0 Å². The monoisotopic (exact) mass is 270 g/mol. The minimum absolute atomic E-state index is 0.148. The first-order chi connectivity index (χ1) is 8.62. The quantitative estimate of drug-likeness (QED) is 0.547. The first-order valence-electron chi connectivity index (χ1n) is 6.06. The SMILES string of the molecule is CCCC(CC)NC(=O)c1nc(NN)ccc1Cl. The third kappa shape index (κ3) is 3.85. The molecule has 100 valence electrons. The second-order valence-electron chi connectivity index (χ2n) is 4.04. The molecule has 1 rings (SSSR count). The second-order valence-corrected chi connectivity index (χ2v) is 4.45. The van der Waals surface area contributed by atoms with Gasteiger partial charge in [-0.05, 0) is 25.0 Å². The standard InChI is InChI=1S/C12H19ClN4O/c1-3-5-8(4-2)15-12(18)11-9(13)6-7-10(16-11)17-14/h6-8H,3-5,14H2,1-2H3,(H,15,18)(H,16,17). The summed E-state index contributed by atoms with van der Waals surface area (Å²) in [6.07, 6.45) is 2.84. The predicted molar refractivity (Wildman–Crippen MR) is 73.5 cm³/mol. The fourth-order valence-corrected chi connectivity index (χ4v) is 1.85. The van der Waals surface area contributed by atoms with E-state index in [0.717, 1.165) is 19.3 Å². The van der Waals surface area contributed by atoms with Crippen LogP contribution in [-0.2, 0) is 0 Å². The smallest absolute Gasteiger partial charge is 0.271 e. The summed E-state index contributed by atoms with van der Waals surface area (Å²) >= 11 is 5.96.